The highest BCUT2D eigenvalue weighted by molar-refractivity contribution is 5.76. The van der Waals surface area contributed by atoms with Crippen molar-refractivity contribution in [1.29, 1.82) is 0 Å². The third-order valence-electron chi connectivity index (χ3n) is 2.06. The van der Waals surface area contributed by atoms with Crippen LogP contribution < -0.4 is 0 Å². The Labute approximate surface area is 86.2 Å². The number of fused-ring (bicyclic) bond motifs is 1. The van der Waals surface area contributed by atoms with Crippen molar-refractivity contribution in [3.05, 3.63) is 35.4 Å². The first-order chi connectivity index (χ1) is 6.88. The van der Waals surface area contributed by atoms with Gasteiger partial charge in [0.05, 0.1) is 5.69 Å². The van der Waals surface area contributed by atoms with E-state index in [0.717, 1.165) is 12.1 Å². The summed E-state index contributed by atoms with van der Waals surface area (Å²) >= 11 is 0. The van der Waals surface area contributed by atoms with Crippen molar-refractivity contribution < 1.29 is 0 Å². The van der Waals surface area contributed by atoms with Crippen LogP contribution in [0.4, 0.5) is 5.69 Å². The lowest BCUT2D eigenvalue weighted by atomic mass is 10.1. The van der Waals surface area contributed by atoms with Gasteiger partial charge in [0.2, 0.25) is 0 Å². The second-order valence-electron chi connectivity index (χ2n) is 2.96. The Morgan fingerprint density at radius 2 is 2.00 bits per heavy atom. The van der Waals surface area contributed by atoms with E-state index in [-0.39, 0.29) is 0 Å². The third-order valence-corrected chi connectivity index (χ3v) is 2.06. The van der Waals surface area contributed by atoms with Gasteiger partial charge >= 0.3 is 0 Å². The van der Waals surface area contributed by atoms with Crippen LogP contribution in [0.1, 0.15) is 31.4 Å². The molecule has 0 N–H and O–H groups in total. The first kappa shape index (κ1) is 10.7. The molecule has 1 aliphatic heterocycles. The van der Waals surface area contributed by atoms with Gasteiger partial charge in [0.25, 0.3) is 0 Å². The molecule has 1 heteroatoms. The zero-order valence-electron chi connectivity index (χ0n) is 9.12. The Hall–Kier alpha value is -1.37. The first-order valence-corrected chi connectivity index (χ1v) is 5.16. The van der Waals surface area contributed by atoms with Gasteiger partial charge in [-0.05, 0) is 18.6 Å². The van der Waals surface area contributed by atoms with Crippen molar-refractivity contribution in [3.63, 3.8) is 0 Å². The molecule has 0 spiro atoms. The molecule has 0 fully saturated rings. The highest BCUT2D eigenvalue weighted by Gasteiger charge is 2.01. The van der Waals surface area contributed by atoms with Gasteiger partial charge < -0.3 is 0 Å². The van der Waals surface area contributed by atoms with Gasteiger partial charge in [-0.25, -0.2) is 0 Å². The van der Waals surface area contributed by atoms with E-state index in [9.17, 15) is 0 Å². The number of rotatable bonds is 0. The van der Waals surface area contributed by atoms with Gasteiger partial charge in [-0.1, -0.05) is 38.1 Å². The summed E-state index contributed by atoms with van der Waals surface area (Å²) in [5.41, 5.74) is 3.64. The summed E-state index contributed by atoms with van der Waals surface area (Å²) in [6, 6.07) is 6.21. The summed E-state index contributed by atoms with van der Waals surface area (Å²) < 4.78 is 0. The summed E-state index contributed by atoms with van der Waals surface area (Å²) in [7, 11) is 0. The van der Waals surface area contributed by atoms with Crippen LogP contribution in [-0.4, -0.2) is 6.21 Å². The molecule has 0 aromatic heterocycles. The van der Waals surface area contributed by atoms with Crippen LogP contribution in [0, 0.1) is 6.92 Å². The molecule has 0 atom stereocenters. The predicted octanol–water partition coefficient (Wildman–Crippen LogP) is 4.14. The lowest BCUT2D eigenvalue weighted by Crippen LogP contribution is -1.79. The highest BCUT2D eigenvalue weighted by atomic mass is 14.7. The Balaban J connectivity index is 0.000000461. The minimum absolute atomic E-state index is 0.939. The second kappa shape index (κ2) is 5.38. The Bertz CT molecular complexity index is 348. The molecular weight excluding hydrogens is 170 g/mol. The maximum absolute atomic E-state index is 4.36. The van der Waals surface area contributed by atoms with Gasteiger partial charge in [-0.3, -0.25) is 4.99 Å². The summed E-state index contributed by atoms with van der Waals surface area (Å²) in [6.07, 6.45) is 7.18. The van der Waals surface area contributed by atoms with Crippen LogP contribution >= 0.6 is 0 Å². The summed E-state index contributed by atoms with van der Waals surface area (Å²) in [6.45, 7) is 6.12. The minimum Gasteiger partial charge on any atom is -0.260 e. The lowest BCUT2D eigenvalue weighted by molar-refractivity contribution is 1.41. The van der Waals surface area contributed by atoms with Gasteiger partial charge in [0.15, 0.2) is 0 Å². The maximum atomic E-state index is 4.36. The topological polar surface area (TPSA) is 12.4 Å². The van der Waals surface area contributed by atoms with E-state index < -0.39 is 0 Å². The van der Waals surface area contributed by atoms with Crippen molar-refractivity contribution in [2.75, 3.05) is 0 Å². The molecule has 0 amide bonds. The molecule has 0 unspecified atom stereocenters. The van der Waals surface area contributed by atoms with E-state index in [4.69, 9.17) is 0 Å². The second-order valence-corrected chi connectivity index (χ2v) is 2.96. The fourth-order valence-corrected chi connectivity index (χ4v) is 1.39. The number of nitrogens with zero attached hydrogens (tertiary/aromatic N) is 1. The molecule has 0 radical (unpaired) electrons. The predicted molar refractivity (Wildman–Crippen MR) is 64.3 cm³/mol. The largest absolute Gasteiger partial charge is 0.260 e. The highest BCUT2D eigenvalue weighted by Crippen LogP contribution is 2.25. The zero-order chi connectivity index (χ0) is 10.4. The van der Waals surface area contributed by atoms with E-state index >= 15 is 0 Å². The van der Waals surface area contributed by atoms with Gasteiger partial charge in [-0.15, -0.1) is 0 Å². The zero-order valence-corrected chi connectivity index (χ0v) is 9.12. The molecule has 2 rings (SSSR count). The monoisotopic (exact) mass is 187 g/mol. The first-order valence-electron chi connectivity index (χ1n) is 5.16. The maximum Gasteiger partial charge on any atom is 0.0700 e. The smallest absolute Gasteiger partial charge is 0.0700 e. The molecule has 1 aromatic rings. The lowest BCUT2D eigenvalue weighted by Gasteiger charge is -2.02. The number of aliphatic imine (C=N–C) groups is 1. The Morgan fingerprint density at radius 1 is 1.21 bits per heavy atom. The van der Waals surface area contributed by atoms with E-state index in [2.05, 4.69) is 36.2 Å². The normalized spacial score (nSPS) is 12.5. The van der Waals surface area contributed by atoms with Crippen molar-refractivity contribution >= 4 is 18.0 Å². The van der Waals surface area contributed by atoms with Crippen LogP contribution in [0.5, 0.6) is 0 Å². The third kappa shape index (κ3) is 2.32. The number of hydrogen-bond acceptors (Lipinski definition) is 1. The van der Waals surface area contributed by atoms with Crippen LogP contribution in [-0.2, 0) is 0 Å². The summed E-state index contributed by atoms with van der Waals surface area (Å²) in [5, 5.41) is 0. The molecule has 1 aliphatic rings. The van der Waals surface area contributed by atoms with Gasteiger partial charge in [0.1, 0.15) is 0 Å². The molecule has 0 bridgehead atoms. The number of aryl methyl sites for hydroxylation is 1. The average Bonchev–Trinajstić information content (AvgIpc) is 2.47. The van der Waals surface area contributed by atoms with Crippen LogP contribution in [0.15, 0.2) is 29.3 Å². The van der Waals surface area contributed by atoms with Crippen molar-refractivity contribution in [3.8, 4) is 0 Å². The van der Waals surface area contributed by atoms with Crippen LogP contribution in [0.25, 0.3) is 6.08 Å². The SMILES string of the molecule is CC.Cc1cccc2c1C=CCC=N2. The van der Waals surface area contributed by atoms with E-state index in [1.54, 1.807) is 0 Å². The number of allylic oxidation sites excluding steroid dienone is 1. The van der Waals surface area contributed by atoms with Crippen molar-refractivity contribution in [1.82, 2.24) is 0 Å². The molecule has 1 nitrogen and oxygen atoms in total. The summed E-state index contributed by atoms with van der Waals surface area (Å²) in [5.74, 6) is 0. The standard InChI is InChI=1S/C11H11N.C2H6/c1-9-5-4-7-11-10(9)6-2-3-8-12-11;1-2/h2,4-8H,3H2,1H3;1-2H3. The fourth-order valence-electron chi connectivity index (χ4n) is 1.39. The molecule has 74 valence electrons. The molecule has 1 aromatic carbocycles. The molecule has 14 heavy (non-hydrogen) atoms. The molecular formula is C13H17N. The minimum atomic E-state index is 0.939. The van der Waals surface area contributed by atoms with Crippen molar-refractivity contribution in [2.24, 2.45) is 4.99 Å². The fraction of sp³-hybridized carbons (Fsp3) is 0.308. The van der Waals surface area contributed by atoms with E-state index in [0.29, 0.717) is 0 Å². The number of hydrogen-bond donors (Lipinski definition) is 0. The van der Waals surface area contributed by atoms with Gasteiger partial charge in [0, 0.05) is 18.2 Å². The average molecular weight is 187 g/mol. The molecule has 1 heterocycles. The summed E-state index contributed by atoms with van der Waals surface area (Å²) in [4.78, 5) is 4.36. The van der Waals surface area contributed by atoms with Crippen LogP contribution in [0.3, 0.4) is 0 Å². The van der Waals surface area contributed by atoms with Crippen LogP contribution in [0.2, 0.25) is 0 Å². The molecule has 0 saturated carbocycles. The van der Waals surface area contributed by atoms with Crippen molar-refractivity contribution in [2.45, 2.75) is 27.2 Å². The van der Waals surface area contributed by atoms with E-state index in [1.807, 2.05) is 26.1 Å². The van der Waals surface area contributed by atoms with Gasteiger partial charge in [-0.2, -0.15) is 0 Å². The quantitative estimate of drug-likeness (QED) is 0.578. The Kier molecular flexibility index (Phi) is 4.11. The Morgan fingerprint density at radius 3 is 2.79 bits per heavy atom. The number of benzene rings is 1. The molecule has 0 saturated heterocycles. The van der Waals surface area contributed by atoms with E-state index in [1.165, 1.54) is 11.1 Å². The molecule has 0 aliphatic carbocycles.